The van der Waals surface area contributed by atoms with Crippen LogP contribution in [0.2, 0.25) is 0 Å². The van der Waals surface area contributed by atoms with Crippen molar-refractivity contribution in [3.8, 4) is 0 Å². The van der Waals surface area contributed by atoms with E-state index in [9.17, 15) is 4.79 Å². The van der Waals surface area contributed by atoms with Gasteiger partial charge in [-0.25, -0.2) is 4.79 Å². The number of carbonyl (C=O) groups is 1. The van der Waals surface area contributed by atoms with Crippen LogP contribution < -0.4 is 0 Å². The second-order valence-corrected chi connectivity index (χ2v) is 3.70. The van der Waals surface area contributed by atoms with Crippen LogP contribution in [-0.2, 0) is 6.54 Å². The molecule has 0 amide bonds. The van der Waals surface area contributed by atoms with E-state index in [2.05, 4.69) is 5.10 Å². The standard InChI is InChI=1S/C10H14N2O2/c1-2-12-9(10(13)14)6-8(11-12)7-4-3-5-7/h6-7H,2-5H2,1H3,(H,13,14). The van der Waals surface area contributed by atoms with E-state index in [0.29, 0.717) is 18.2 Å². The highest BCUT2D eigenvalue weighted by molar-refractivity contribution is 5.85. The molecule has 1 fully saturated rings. The Bertz CT molecular complexity index is 353. The summed E-state index contributed by atoms with van der Waals surface area (Å²) in [5.41, 5.74) is 1.27. The molecular formula is C10H14N2O2. The van der Waals surface area contributed by atoms with Crippen molar-refractivity contribution in [3.05, 3.63) is 17.5 Å². The number of carboxylic acids is 1. The maximum Gasteiger partial charge on any atom is 0.354 e. The predicted molar refractivity (Wildman–Crippen MR) is 51.5 cm³/mol. The second-order valence-electron chi connectivity index (χ2n) is 3.70. The third kappa shape index (κ3) is 1.41. The average Bonchev–Trinajstić information content (AvgIpc) is 2.45. The zero-order valence-corrected chi connectivity index (χ0v) is 8.23. The van der Waals surface area contributed by atoms with Gasteiger partial charge < -0.3 is 5.11 Å². The number of hydrogen-bond acceptors (Lipinski definition) is 2. The molecule has 4 nitrogen and oxygen atoms in total. The van der Waals surface area contributed by atoms with Crippen molar-refractivity contribution in [1.29, 1.82) is 0 Å². The minimum Gasteiger partial charge on any atom is -0.477 e. The van der Waals surface area contributed by atoms with Gasteiger partial charge >= 0.3 is 5.97 Å². The lowest BCUT2D eigenvalue weighted by Gasteiger charge is -2.22. The molecule has 0 bridgehead atoms. The molecule has 0 aliphatic heterocycles. The SMILES string of the molecule is CCn1nc(C2CCC2)cc1C(=O)O. The van der Waals surface area contributed by atoms with Gasteiger partial charge in [0.25, 0.3) is 0 Å². The Morgan fingerprint density at radius 1 is 1.71 bits per heavy atom. The number of nitrogens with zero attached hydrogens (tertiary/aromatic N) is 2. The highest BCUT2D eigenvalue weighted by atomic mass is 16.4. The maximum atomic E-state index is 10.9. The van der Waals surface area contributed by atoms with E-state index in [1.165, 1.54) is 6.42 Å². The van der Waals surface area contributed by atoms with Gasteiger partial charge in [-0.15, -0.1) is 0 Å². The van der Waals surface area contributed by atoms with Crippen LogP contribution in [0.5, 0.6) is 0 Å². The minimum atomic E-state index is -0.884. The van der Waals surface area contributed by atoms with E-state index in [1.54, 1.807) is 10.7 Å². The molecule has 1 N–H and O–H groups in total. The quantitative estimate of drug-likeness (QED) is 0.799. The predicted octanol–water partition coefficient (Wildman–Crippen LogP) is 1.87. The Balaban J connectivity index is 2.30. The summed E-state index contributed by atoms with van der Waals surface area (Å²) in [6.45, 7) is 2.53. The van der Waals surface area contributed by atoms with Gasteiger partial charge in [-0.1, -0.05) is 6.42 Å². The van der Waals surface area contributed by atoms with Crippen molar-refractivity contribution in [2.75, 3.05) is 0 Å². The number of carboxylic acid groups (broad SMARTS) is 1. The van der Waals surface area contributed by atoms with Crippen LogP contribution in [0.15, 0.2) is 6.07 Å². The van der Waals surface area contributed by atoms with E-state index in [0.717, 1.165) is 18.5 Å². The van der Waals surface area contributed by atoms with Crippen molar-refractivity contribution in [2.45, 2.75) is 38.6 Å². The van der Waals surface area contributed by atoms with E-state index >= 15 is 0 Å². The molecule has 0 atom stereocenters. The highest BCUT2D eigenvalue weighted by Gasteiger charge is 2.24. The Hall–Kier alpha value is -1.32. The fraction of sp³-hybridized carbons (Fsp3) is 0.600. The van der Waals surface area contributed by atoms with Gasteiger partial charge in [0.05, 0.1) is 5.69 Å². The molecular weight excluding hydrogens is 180 g/mol. The van der Waals surface area contributed by atoms with Crippen LogP contribution in [0.1, 0.15) is 48.3 Å². The molecule has 1 aliphatic carbocycles. The lowest BCUT2D eigenvalue weighted by Crippen LogP contribution is -2.10. The zero-order chi connectivity index (χ0) is 10.1. The first-order valence-electron chi connectivity index (χ1n) is 5.03. The molecule has 0 aromatic carbocycles. The van der Waals surface area contributed by atoms with Gasteiger partial charge in [-0.3, -0.25) is 4.68 Å². The smallest absolute Gasteiger partial charge is 0.354 e. The first-order chi connectivity index (χ1) is 6.72. The molecule has 0 spiro atoms. The van der Waals surface area contributed by atoms with Crippen molar-refractivity contribution in [1.82, 2.24) is 9.78 Å². The molecule has 0 unspecified atom stereocenters. The van der Waals surface area contributed by atoms with E-state index < -0.39 is 5.97 Å². The number of rotatable bonds is 3. The Morgan fingerprint density at radius 2 is 2.43 bits per heavy atom. The van der Waals surface area contributed by atoms with Gasteiger partial charge in [0.15, 0.2) is 0 Å². The monoisotopic (exact) mass is 194 g/mol. The summed E-state index contributed by atoms with van der Waals surface area (Å²) in [5, 5.41) is 13.2. The molecule has 1 aliphatic rings. The summed E-state index contributed by atoms with van der Waals surface area (Å²) in [6, 6.07) is 1.72. The molecule has 2 rings (SSSR count). The second kappa shape index (κ2) is 3.44. The van der Waals surface area contributed by atoms with Crippen LogP contribution in [0.3, 0.4) is 0 Å². The van der Waals surface area contributed by atoms with Crippen LogP contribution >= 0.6 is 0 Å². The minimum absolute atomic E-state index is 0.314. The number of aryl methyl sites for hydroxylation is 1. The fourth-order valence-corrected chi connectivity index (χ4v) is 1.75. The molecule has 0 radical (unpaired) electrons. The van der Waals surface area contributed by atoms with E-state index in [4.69, 9.17) is 5.11 Å². The van der Waals surface area contributed by atoms with E-state index in [1.807, 2.05) is 6.92 Å². The number of aromatic nitrogens is 2. The zero-order valence-electron chi connectivity index (χ0n) is 8.23. The van der Waals surface area contributed by atoms with Gasteiger partial charge in [0.2, 0.25) is 0 Å². The average molecular weight is 194 g/mol. The Labute approximate surface area is 82.5 Å². The first kappa shape index (κ1) is 9.24. The lowest BCUT2D eigenvalue weighted by atomic mass is 9.83. The lowest BCUT2D eigenvalue weighted by molar-refractivity contribution is 0.0683. The summed E-state index contributed by atoms with van der Waals surface area (Å²) >= 11 is 0. The highest BCUT2D eigenvalue weighted by Crippen LogP contribution is 2.35. The molecule has 76 valence electrons. The van der Waals surface area contributed by atoms with Crippen molar-refractivity contribution >= 4 is 5.97 Å². The summed E-state index contributed by atoms with van der Waals surface area (Å²) in [7, 11) is 0. The fourth-order valence-electron chi connectivity index (χ4n) is 1.75. The third-order valence-electron chi connectivity index (χ3n) is 2.84. The van der Waals surface area contributed by atoms with Gasteiger partial charge in [0, 0.05) is 12.5 Å². The molecule has 1 saturated carbocycles. The third-order valence-corrected chi connectivity index (χ3v) is 2.84. The van der Waals surface area contributed by atoms with Gasteiger partial charge in [-0.2, -0.15) is 5.10 Å². The van der Waals surface area contributed by atoms with Crippen LogP contribution in [0.4, 0.5) is 0 Å². The van der Waals surface area contributed by atoms with Crippen LogP contribution in [0.25, 0.3) is 0 Å². The maximum absolute atomic E-state index is 10.9. The summed E-state index contributed by atoms with van der Waals surface area (Å²) in [6.07, 6.45) is 3.55. The van der Waals surface area contributed by atoms with Gasteiger partial charge in [-0.05, 0) is 25.8 Å². The topological polar surface area (TPSA) is 55.1 Å². The number of aromatic carboxylic acids is 1. The summed E-state index contributed by atoms with van der Waals surface area (Å²) < 4.78 is 1.57. The molecule has 1 aromatic heterocycles. The van der Waals surface area contributed by atoms with Gasteiger partial charge in [0.1, 0.15) is 5.69 Å². The normalized spacial score (nSPS) is 16.6. The molecule has 14 heavy (non-hydrogen) atoms. The number of hydrogen-bond donors (Lipinski definition) is 1. The molecule has 0 saturated heterocycles. The summed E-state index contributed by atoms with van der Waals surface area (Å²) in [5.74, 6) is -0.383. The first-order valence-corrected chi connectivity index (χ1v) is 5.03. The van der Waals surface area contributed by atoms with E-state index in [-0.39, 0.29) is 0 Å². The largest absolute Gasteiger partial charge is 0.477 e. The summed E-state index contributed by atoms with van der Waals surface area (Å²) in [4.78, 5) is 10.9. The van der Waals surface area contributed by atoms with Crippen LogP contribution in [0, 0.1) is 0 Å². The molecule has 4 heteroatoms. The molecule has 1 heterocycles. The van der Waals surface area contributed by atoms with Crippen molar-refractivity contribution in [3.63, 3.8) is 0 Å². The van der Waals surface area contributed by atoms with Crippen LogP contribution in [-0.4, -0.2) is 20.9 Å². The molecule has 1 aromatic rings. The Morgan fingerprint density at radius 3 is 2.79 bits per heavy atom. The van der Waals surface area contributed by atoms with Crippen molar-refractivity contribution < 1.29 is 9.90 Å². The Kier molecular flexibility index (Phi) is 2.27. The van der Waals surface area contributed by atoms with Crippen molar-refractivity contribution in [2.24, 2.45) is 0 Å².